The fourth-order valence-electron chi connectivity index (χ4n) is 2.09. The molecule has 1 aliphatic rings. The van der Waals surface area contributed by atoms with E-state index in [0.717, 1.165) is 15.4 Å². The summed E-state index contributed by atoms with van der Waals surface area (Å²) in [7, 11) is 0. The zero-order valence-electron chi connectivity index (χ0n) is 10.6. The highest BCUT2D eigenvalue weighted by Gasteiger charge is 2.44. The number of urea groups is 1. The van der Waals surface area contributed by atoms with Crippen molar-refractivity contribution in [2.75, 3.05) is 11.9 Å². The third-order valence-corrected chi connectivity index (χ3v) is 4.87. The van der Waals surface area contributed by atoms with Crippen molar-refractivity contribution in [2.45, 2.75) is 19.3 Å². The third kappa shape index (κ3) is 3.15. The molecule has 1 fully saturated rings. The van der Waals surface area contributed by atoms with Gasteiger partial charge in [-0.25, -0.2) is 4.79 Å². The molecule has 7 heteroatoms. The van der Waals surface area contributed by atoms with Gasteiger partial charge in [-0.05, 0) is 56.8 Å². The molecule has 1 saturated carbocycles. The number of anilines is 1. The van der Waals surface area contributed by atoms with Gasteiger partial charge < -0.3 is 15.7 Å². The first-order valence-electron chi connectivity index (χ1n) is 6.17. The molecule has 3 N–H and O–H groups in total. The van der Waals surface area contributed by atoms with E-state index >= 15 is 0 Å². The van der Waals surface area contributed by atoms with Crippen LogP contribution in [0.5, 0.6) is 0 Å². The Hall–Kier alpha value is -1.08. The number of hydrogen-bond acceptors (Lipinski definition) is 2. The van der Waals surface area contributed by atoms with E-state index in [4.69, 9.17) is 0 Å². The molecule has 1 aromatic rings. The van der Waals surface area contributed by atoms with E-state index in [2.05, 4.69) is 42.5 Å². The van der Waals surface area contributed by atoms with Crippen LogP contribution in [0.4, 0.5) is 10.5 Å². The Morgan fingerprint density at radius 1 is 1.25 bits per heavy atom. The maximum Gasteiger partial charge on any atom is 0.319 e. The highest BCUT2D eigenvalue weighted by Crippen LogP contribution is 2.40. The molecule has 0 bridgehead atoms. The van der Waals surface area contributed by atoms with Gasteiger partial charge in [-0.1, -0.05) is 12.5 Å². The van der Waals surface area contributed by atoms with Gasteiger partial charge in [0, 0.05) is 15.5 Å². The molecule has 1 aromatic carbocycles. The van der Waals surface area contributed by atoms with Crippen LogP contribution in [-0.4, -0.2) is 23.7 Å². The smallest absolute Gasteiger partial charge is 0.319 e. The zero-order valence-corrected chi connectivity index (χ0v) is 13.8. The zero-order chi connectivity index (χ0) is 14.8. The second-order valence-electron chi connectivity index (χ2n) is 4.84. The van der Waals surface area contributed by atoms with Gasteiger partial charge in [0.1, 0.15) is 0 Å². The van der Waals surface area contributed by atoms with Gasteiger partial charge in [0.05, 0.1) is 11.1 Å². The molecule has 0 aromatic heterocycles. The average molecular weight is 406 g/mol. The number of carboxylic acids is 1. The largest absolute Gasteiger partial charge is 0.481 e. The summed E-state index contributed by atoms with van der Waals surface area (Å²) in [6.07, 6.45) is 2.12. The quantitative estimate of drug-likeness (QED) is 0.716. The van der Waals surface area contributed by atoms with Crippen molar-refractivity contribution in [3.8, 4) is 0 Å². The predicted molar refractivity (Wildman–Crippen MR) is 82.8 cm³/mol. The van der Waals surface area contributed by atoms with Crippen molar-refractivity contribution in [1.82, 2.24) is 5.32 Å². The summed E-state index contributed by atoms with van der Waals surface area (Å²) < 4.78 is 1.50. The first kappa shape index (κ1) is 15.3. The number of carbonyl (C=O) groups excluding carboxylic acids is 1. The summed E-state index contributed by atoms with van der Waals surface area (Å²) >= 11 is 6.70. The summed E-state index contributed by atoms with van der Waals surface area (Å²) in [5.74, 6) is -0.842. The Labute approximate surface area is 133 Å². The van der Waals surface area contributed by atoms with Crippen LogP contribution < -0.4 is 10.6 Å². The summed E-state index contributed by atoms with van der Waals surface area (Å²) in [6, 6.07) is 5.05. The molecule has 1 aliphatic carbocycles. The Kier molecular flexibility index (Phi) is 4.70. The van der Waals surface area contributed by atoms with Gasteiger partial charge in [-0.3, -0.25) is 4.79 Å². The van der Waals surface area contributed by atoms with Crippen LogP contribution in [0.1, 0.15) is 19.3 Å². The van der Waals surface area contributed by atoms with Crippen molar-refractivity contribution >= 4 is 49.5 Å². The molecule has 5 nitrogen and oxygen atoms in total. The second kappa shape index (κ2) is 6.13. The molecular formula is C13H14Br2N2O3. The van der Waals surface area contributed by atoms with Crippen LogP contribution in [-0.2, 0) is 4.79 Å². The van der Waals surface area contributed by atoms with Gasteiger partial charge in [-0.15, -0.1) is 0 Å². The minimum atomic E-state index is -0.842. The molecule has 0 saturated heterocycles. The highest BCUT2D eigenvalue weighted by molar-refractivity contribution is 9.11. The SMILES string of the molecule is O=C(NCC1(C(=O)O)CCC1)Nc1c(Br)cccc1Br. The molecule has 0 atom stereocenters. The Morgan fingerprint density at radius 2 is 1.85 bits per heavy atom. The van der Waals surface area contributed by atoms with Crippen LogP contribution in [0.3, 0.4) is 0 Å². The van der Waals surface area contributed by atoms with Crippen molar-refractivity contribution < 1.29 is 14.7 Å². The van der Waals surface area contributed by atoms with Crippen LogP contribution in [0.15, 0.2) is 27.1 Å². The Morgan fingerprint density at radius 3 is 2.30 bits per heavy atom. The molecule has 2 amide bonds. The number of halogens is 2. The number of nitrogens with one attached hydrogen (secondary N) is 2. The Balaban J connectivity index is 1.95. The van der Waals surface area contributed by atoms with Gasteiger partial charge >= 0.3 is 12.0 Å². The molecule has 108 valence electrons. The third-order valence-electron chi connectivity index (χ3n) is 3.55. The monoisotopic (exact) mass is 404 g/mol. The van der Waals surface area contributed by atoms with Gasteiger partial charge in [0.2, 0.25) is 0 Å². The number of rotatable bonds is 4. The standard InChI is InChI=1S/C13H14Br2N2O3/c14-8-3-1-4-9(15)10(8)17-12(20)16-7-13(11(18)19)5-2-6-13/h1,3-4H,2,5-7H2,(H,18,19)(H2,16,17,20). The number of aliphatic carboxylic acids is 1. The highest BCUT2D eigenvalue weighted by atomic mass is 79.9. The lowest BCUT2D eigenvalue weighted by molar-refractivity contribution is -0.153. The molecule has 20 heavy (non-hydrogen) atoms. The lowest BCUT2D eigenvalue weighted by atomic mass is 9.69. The second-order valence-corrected chi connectivity index (χ2v) is 6.55. The summed E-state index contributed by atoms with van der Waals surface area (Å²) in [5.41, 5.74) is -0.175. The van der Waals surface area contributed by atoms with Gasteiger partial charge in [0.15, 0.2) is 0 Å². The Bertz CT molecular complexity index is 524. The number of hydrogen-bond donors (Lipinski definition) is 3. The van der Waals surface area contributed by atoms with E-state index in [1.54, 1.807) is 0 Å². The molecule has 0 radical (unpaired) electrons. The molecular weight excluding hydrogens is 392 g/mol. The van der Waals surface area contributed by atoms with Crippen molar-refractivity contribution in [3.05, 3.63) is 27.1 Å². The fraction of sp³-hybridized carbons (Fsp3) is 0.385. The van der Waals surface area contributed by atoms with Crippen molar-refractivity contribution in [3.63, 3.8) is 0 Å². The first-order valence-corrected chi connectivity index (χ1v) is 7.75. The van der Waals surface area contributed by atoms with E-state index < -0.39 is 17.4 Å². The molecule has 0 spiro atoms. The molecule has 0 heterocycles. The van der Waals surface area contributed by atoms with E-state index in [0.29, 0.717) is 18.5 Å². The molecule has 2 rings (SSSR count). The number of carbonyl (C=O) groups is 2. The van der Waals surface area contributed by atoms with Crippen LogP contribution in [0, 0.1) is 5.41 Å². The number of benzene rings is 1. The fourth-order valence-corrected chi connectivity index (χ4v) is 3.29. The normalized spacial score (nSPS) is 16.1. The topological polar surface area (TPSA) is 78.4 Å². The van der Waals surface area contributed by atoms with Gasteiger partial charge in [-0.2, -0.15) is 0 Å². The minimum absolute atomic E-state index is 0.149. The van der Waals surface area contributed by atoms with Crippen molar-refractivity contribution in [1.29, 1.82) is 0 Å². The minimum Gasteiger partial charge on any atom is -0.481 e. The maximum atomic E-state index is 11.9. The average Bonchev–Trinajstić information content (AvgIpc) is 2.32. The van der Waals surface area contributed by atoms with E-state index in [1.165, 1.54) is 0 Å². The number of amides is 2. The van der Waals surface area contributed by atoms with E-state index in [1.807, 2.05) is 18.2 Å². The van der Waals surface area contributed by atoms with Crippen LogP contribution >= 0.6 is 31.9 Å². The summed E-state index contributed by atoms with van der Waals surface area (Å²) in [4.78, 5) is 23.1. The predicted octanol–water partition coefficient (Wildman–Crippen LogP) is 3.59. The number of carboxylic acid groups (broad SMARTS) is 1. The lowest BCUT2D eigenvalue weighted by Crippen LogP contribution is -2.48. The van der Waals surface area contributed by atoms with E-state index in [-0.39, 0.29) is 6.54 Å². The van der Waals surface area contributed by atoms with Crippen molar-refractivity contribution in [2.24, 2.45) is 5.41 Å². The number of para-hydroxylation sites is 1. The summed E-state index contributed by atoms with van der Waals surface area (Å²) in [6.45, 7) is 0.149. The van der Waals surface area contributed by atoms with Crippen LogP contribution in [0.25, 0.3) is 0 Å². The molecule has 0 aliphatic heterocycles. The first-order chi connectivity index (χ1) is 9.44. The van der Waals surface area contributed by atoms with E-state index in [9.17, 15) is 14.7 Å². The lowest BCUT2D eigenvalue weighted by Gasteiger charge is -2.37. The summed E-state index contributed by atoms with van der Waals surface area (Å²) in [5, 5.41) is 14.5. The maximum absolute atomic E-state index is 11.9. The van der Waals surface area contributed by atoms with Gasteiger partial charge in [0.25, 0.3) is 0 Å². The van der Waals surface area contributed by atoms with Crippen LogP contribution in [0.2, 0.25) is 0 Å². The molecule has 0 unspecified atom stereocenters.